The molecule has 0 N–H and O–H groups in total. The highest BCUT2D eigenvalue weighted by atomic mass is 28.3. The van der Waals surface area contributed by atoms with Gasteiger partial charge in [0.2, 0.25) is 0 Å². The highest BCUT2D eigenvalue weighted by Gasteiger charge is 2.62. The van der Waals surface area contributed by atoms with Crippen LogP contribution in [0.5, 0.6) is 0 Å². The molecule has 0 saturated heterocycles. The first-order chi connectivity index (χ1) is 23.7. The van der Waals surface area contributed by atoms with Gasteiger partial charge in [0, 0.05) is 0 Å². The van der Waals surface area contributed by atoms with Crippen molar-refractivity contribution >= 4 is 19.2 Å². The van der Waals surface area contributed by atoms with Crippen LogP contribution in [0.4, 0.5) is 0 Å². The van der Waals surface area contributed by atoms with E-state index in [1.165, 1.54) is 67.2 Å². The van der Waals surface area contributed by atoms with E-state index >= 15 is 0 Å². The Labute approximate surface area is 308 Å². The Hall–Kier alpha value is -2.38. The fraction of sp³-hybridized carbons (Fsp3) is 0.592. The van der Waals surface area contributed by atoms with Crippen LogP contribution in [0.1, 0.15) is 123 Å². The predicted molar refractivity (Wildman–Crippen MR) is 221 cm³/mol. The molecule has 0 aliphatic heterocycles. The largest absolute Gasteiger partial charge is 0.0808 e. The van der Waals surface area contributed by atoms with Crippen molar-refractivity contribution in [2.24, 2.45) is 47.3 Å². The van der Waals surface area contributed by atoms with Gasteiger partial charge in [-0.1, -0.05) is 160 Å². The van der Waals surface area contributed by atoms with E-state index in [1.807, 2.05) is 0 Å². The van der Waals surface area contributed by atoms with Crippen molar-refractivity contribution in [2.75, 3.05) is 0 Å². The minimum atomic E-state index is -1.71. The fourth-order valence-electron chi connectivity index (χ4n) is 11.5. The highest BCUT2D eigenvalue weighted by molar-refractivity contribution is 6.80. The summed E-state index contributed by atoms with van der Waals surface area (Å²) in [5, 5.41) is 0. The fourth-order valence-corrected chi connectivity index (χ4v) is 17.7. The van der Waals surface area contributed by atoms with E-state index in [0.717, 1.165) is 46.6 Å². The van der Waals surface area contributed by atoms with Gasteiger partial charge in [0.05, 0.1) is 8.07 Å². The summed E-state index contributed by atoms with van der Waals surface area (Å²) >= 11 is 0. The van der Waals surface area contributed by atoms with Crippen molar-refractivity contribution in [1.82, 2.24) is 0 Å². The molecule has 268 valence electrons. The molecule has 8 rings (SSSR count). The van der Waals surface area contributed by atoms with Crippen LogP contribution in [0.3, 0.4) is 0 Å². The smallest absolute Gasteiger partial charge is 0.0553 e. The van der Waals surface area contributed by atoms with Crippen molar-refractivity contribution in [3.05, 3.63) is 107 Å². The van der Waals surface area contributed by atoms with Crippen molar-refractivity contribution < 1.29 is 0 Å². The van der Waals surface area contributed by atoms with Gasteiger partial charge in [-0.3, -0.25) is 0 Å². The summed E-state index contributed by atoms with van der Waals surface area (Å²) in [6.07, 6.45) is 25.4. The summed E-state index contributed by atoms with van der Waals surface area (Å²) in [7, 11) is -1.71. The normalized spacial score (nSPS) is 32.1. The third kappa shape index (κ3) is 6.79. The second-order valence-corrected chi connectivity index (χ2v) is 25.1. The Morgan fingerprint density at radius 1 is 0.560 bits per heavy atom. The third-order valence-corrected chi connectivity index (χ3v) is 19.2. The molecule has 0 bridgehead atoms. The van der Waals surface area contributed by atoms with E-state index in [2.05, 4.69) is 153 Å². The maximum atomic E-state index is 2.89. The molecule has 0 radical (unpaired) electrons. The molecule has 6 aliphatic carbocycles. The molecule has 0 aromatic heterocycles. The number of fused-ring (bicyclic) bond motifs is 2. The first-order valence-electron chi connectivity index (χ1n) is 20.7. The molecule has 50 heavy (non-hydrogen) atoms. The Balaban J connectivity index is 0.00000126. The second kappa shape index (κ2) is 13.5. The number of hydrogen-bond donors (Lipinski definition) is 0. The quantitative estimate of drug-likeness (QED) is 0.266. The third-order valence-electron chi connectivity index (χ3n) is 14.1. The van der Waals surface area contributed by atoms with E-state index in [0.29, 0.717) is 11.8 Å². The van der Waals surface area contributed by atoms with Crippen LogP contribution in [0.25, 0.3) is 11.1 Å². The first kappa shape index (κ1) is 36.0. The molecule has 2 aromatic rings. The molecule has 4 saturated carbocycles. The molecule has 2 aromatic carbocycles. The summed E-state index contributed by atoms with van der Waals surface area (Å²) in [6.45, 7) is 24.0. The van der Waals surface area contributed by atoms with Gasteiger partial charge in [-0.15, -0.1) is 0 Å². The van der Waals surface area contributed by atoms with Gasteiger partial charge < -0.3 is 0 Å². The van der Waals surface area contributed by atoms with E-state index in [-0.39, 0.29) is 10.8 Å². The summed E-state index contributed by atoms with van der Waals surface area (Å²) in [6, 6.07) is 19.4. The van der Waals surface area contributed by atoms with Crippen LogP contribution in [0.2, 0.25) is 24.2 Å². The van der Waals surface area contributed by atoms with E-state index in [1.54, 1.807) is 11.1 Å². The first-order valence-corrected chi connectivity index (χ1v) is 23.9. The molecule has 0 amide bonds. The van der Waals surface area contributed by atoms with Crippen LogP contribution in [0.15, 0.2) is 85.0 Å². The lowest BCUT2D eigenvalue weighted by Gasteiger charge is -2.47. The minimum absolute atomic E-state index is 0.197. The lowest BCUT2D eigenvalue weighted by Crippen LogP contribution is -2.47. The Kier molecular flexibility index (Phi) is 9.75. The zero-order valence-electron chi connectivity index (χ0n) is 33.3. The van der Waals surface area contributed by atoms with Crippen molar-refractivity contribution in [3.8, 4) is 0 Å². The summed E-state index contributed by atoms with van der Waals surface area (Å²) in [5.74, 6) is 6.61. The Bertz CT molecular complexity index is 1500. The maximum absolute atomic E-state index is 2.89. The highest BCUT2D eigenvalue weighted by Crippen LogP contribution is 2.69. The lowest BCUT2D eigenvalue weighted by molar-refractivity contribution is 0.415. The maximum Gasteiger partial charge on any atom is 0.0553 e. The van der Waals surface area contributed by atoms with Gasteiger partial charge in [0.1, 0.15) is 0 Å². The number of hydrogen-bond acceptors (Lipinski definition) is 0. The Morgan fingerprint density at radius 3 is 1.20 bits per heavy atom. The number of allylic oxidation sites excluding steroid dienone is 8. The van der Waals surface area contributed by atoms with E-state index in [9.17, 15) is 0 Å². The predicted octanol–water partition coefficient (Wildman–Crippen LogP) is 14.1. The lowest BCUT2D eigenvalue weighted by atomic mass is 9.80. The summed E-state index contributed by atoms with van der Waals surface area (Å²) in [5.41, 5.74) is 11.3. The standard InChI is InChI=1S/C46H60Si.C3H8/c1-45(2,3)33-23-19-29(20-24-33)35-11-9-13-37-41(35)27-39(31-15-16-31)43(37)47(7,8)44-38-14-10-12-36(42(38)28-40(44)32-17-18-32)30-21-25-34(26-22-30)46(4,5)6;1-3-2/h9-14,19-26,31-32,37-44H,15-18,27-28H2,1-8H3;3H2,1-2H3. The molecule has 0 heterocycles. The zero-order chi connectivity index (χ0) is 35.6. The van der Waals surface area contributed by atoms with Crippen LogP contribution in [-0.2, 0) is 10.8 Å². The van der Waals surface area contributed by atoms with Crippen molar-refractivity contribution in [2.45, 2.75) is 135 Å². The van der Waals surface area contributed by atoms with Gasteiger partial charge in [-0.2, -0.15) is 0 Å². The Morgan fingerprint density at radius 2 is 0.900 bits per heavy atom. The van der Waals surface area contributed by atoms with Gasteiger partial charge in [0.25, 0.3) is 0 Å². The molecule has 0 spiro atoms. The molecule has 6 aliphatic rings. The molecular formula is C49H68Si. The van der Waals surface area contributed by atoms with Gasteiger partial charge in [0.15, 0.2) is 0 Å². The summed E-state index contributed by atoms with van der Waals surface area (Å²) in [4.78, 5) is 0. The van der Waals surface area contributed by atoms with Crippen LogP contribution >= 0.6 is 0 Å². The van der Waals surface area contributed by atoms with Gasteiger partial charge in [-0.05, 0) is 141 Å². The number of benzene rings is 2. The SMILES string of the molecule is CC(C)(C)c1ccc(C2=CC=CC3C2CC(C2CC2)C3[Si](C)(C)C2C3C=CC=C(c4ccc(C(C)(C)C)cc4)C3CC2C2CC2)cc1.CCC. The minimum Gasteiger partial charge on any atom is -0.0808 e. The van der Waals surface area contributed by atoms with Gasteiger partial charge in [-0.25, -0.2) is 0 Å². The van der Waals surface area contributed by atoms with Crippen molar-refractivity contribution in [1.29, 1.82) is 0 Å². The van der Waals surface area contributed by atoms with E-state index in [4.69, 9.17) is 0 Å². The number of rotatable bonds is 6. The molecule has 1 heteroatoms. The average Bonchev–Trinajstić information content (AvgIpc) is 4.02. The molecule has 4 fully saturated rings. The van der Waals surface area contributed by atoms with Crippen LogP contribution in [0, 0.1) is 47.3 Å². The second-order valence-electron chi connectivity index (χ2n) is 20.1. The molecule has 8 unspecified atom stereocenters. The monoisotopic (exact) mass is 685 g/mol. The van der Waals surface area contributed by atoms with Crippen LogP contribution in [-0.4, -0.2) is 8.07 Å². The average molecular weight is 685 g/mol. The molecule has 8 atom stereocenters. The topological polar surface area (TPSA) is 0 Å². The molecular weight excluding hydrogens is 617 g/mol. The zero-order valence-corrected chi connectivity index (χ0v) is 34.3. The van der Waals surface area contributed by atoms with Gasteiger partial charge >= 0.3 is 0 Å². The molecule has 0 nitrogen and oxygen atoms in total. The van der Waals surface area contributed by atoms with Crippen LogP contribution < -0.4 is 0 Å². The summed E-state index contributed by atoms with van der Waals surface area (Å²) < 4.78 is 0. The van der Waals surface area contributed by atoms with E-state index < -0.39 is 8.07 Å². The van der Waals surface area contributed by atoms with Crippen molar-refractivity contribution in [3.63, 3.8) is 0 Å².